The first kappa shape index (κ1) is 21.2. The monoisotopic (exact) mass is 427 g/mol. The quantitative estimate of drug-likeness (QED) is 0.527. The third kappa shape index (κ3) is 5.16. The van der Waals surface area contributed by atoms with Gasteiger partial charge in [0.25, 0.3) is 5.91 Å². The van der Waals surface area contributed by atoms with Crippen LogP contribution in [0.5, 0.6) is 0 Å². The summed E-state index contributed by atoms with van der Waals surface area (Å²) in [5.41, 5.74) is 0.984. The van der Waals surface area contributed by atoms with Crippen LogP contribution in [0.2, 0.25) is 0 Å². The van der Waals surface area contributed by atoms with Crippen molar-refractivity contribution in [3.05, 3.63) is 47.8 Å². The minimum absolute atomic E-state index is 0.113. The lowest BCUT2D eigenvalue weighted by molar-refractivity contribution is 0.0930. The molecule has 31 heavy (non-hydrogen) atoms. The van der Waals surface area contributed by atoms with Gasteiger partial charge in [0.1, 0.15) is 5.69 Å². The van der Waals surface area contributed by atoms with Gasteiger partial charge in [0.05, 0.1) is 12.3 Å². The number of aromatic nitrogens is 2. The average Bonchev–Trinajstić information content (AvgIpc) is 3.14. The van der Waals surface area contributed by atoms with Crippen LogP contribution in [0.4, 0.5) is 20.6 Å². The van der Waals surface area contributed by atoms with Gasteiger partial charge in [-0.2, -0.15) is 4.39 Å². The van der Waals surface area contributed by atoms with E-state index in [9.17, 15) is 19.1 Å². The first-order valence-corrected chi connectivity index (χ1v) is 10.6. The topological polar surface area (TPSA) is 116 Å². The molecule has 2 aliphatic rings. The smallest absolute Gasteiger partial charge is 0.323 e. The number of urea groups is 1. The zero-order valence-electron chi connectivity index (χ0n) is 17.1. The van der Waals surface area contributed by atoms with Crippen LogP contribution in [-0.4, -0.2) is 33.1 Å². The van der Waals surface area contributed by atoms with E-state index < -0.39 is 18.6 Å². The molecular formula is C22H26FN5O3. The summed E-state index contributed by atoms with van der Waals surface area (Å²) in [4.78, 5) is 32.5. The maximum Gasteiger partial charge on any atom is 0.323 e. The minimum Gasteiger partial charge on any atom is -0.392 e. The van der Waals surface area contributed by atoms with Crippen molar-refractivity contribution in [1.29, 1.82) is 0 Å². The number of nitrogens with zero attached hydrogens (tertiary/aromatic N) is 2. The molecule has 0 saturated heterocycles. The molecule has 4 rings (SSSR count). The number of rotatable bonds is 6. The molecule has 2 aliphatic carbocycles. The van der Waals surface area contributed by atoms with Gasteiger partial charge >= 0.3 is 6.03 Å². The Morgan fingerprint density at radius 1 is 1.10 bits per heavy atom. The van der Waals surface area contributed by atoms with Crippen LogP contribution in [-0.2, 0) is 6.61 Å². The third-order valence-electron chi connectivity index (χ3n) is 6.25. The SMILES string of the molecule is O=C(Nc1ccnc(C(=O)NC2CCC(C3CCC3)C2)c1)Nc1cc(F)ncc1CO. The van der Waals surface area contributed by atoms with Crippen LogP contribution in [0, 0.1) is 17.8 Å². The van der Waals surface area contributed by atoms with Crippen molar-refractivity contribution in [2.24, 2.45) is 11.8 Å². The number of halogens is 1. The maximum atomic E-state index is 13.3. The number of nitrogens with one attached hydrogen (secondary N) is 3. The van der Waals surface area contributed by atoms with Crippen molar-refractivity contribution in [3.8, 4) is 0 Å². The van der Waals surface area contributed by atoms with E-state index in [4.69, 9.17) is 0 Å². The number of carbonyl (C=O) groups is 2. The molecule has 0 bridgehead atoms. The summed E-state index contributed by atoms with van der Waals surface area (Å²) < 4.78 is 13.3. The number of hydrogen-bond donors (Lipinski definition) is 4. The molecule has 4 N–H and O–H groups in total. The Hall–Kier alpha value is -3.07. The maximum absolute atomic E-state index is 13.3. The molecule has 9 heteroatoms. The first-order chi connectivity index (χ1) is 15.0. The van der Waals surface area contributed by atoms with Crippen LogP contribution < -0.4 is 16.0 Å². The molecule has 2 aromatic rings. The lowest BCUT2D eigenvalue weighted by Crippen LogP contribution is -2.34. The van der Waals surface area contributed by atoms with Gasteiger partial charge < -0.3 is 21.1 Å². The highest BCUT2D eigenvalue weighted by atomic mass is 19.1. The predicted octanol–water partition coefficient (Wildman–Crippen LogP) is 3.45. The summed E-state index contributed by atoms with van der Waals surface area (Å²) in [5, 5.41) is 17.4. The van der Waals surface area contributed by atoms with Gasteiger partial charge in [0, 0.05) is 35.8 Å². The second-order valence-electron chi connectivity index (χ2n) is 8.27. The Kier molecular flexibility index (Phi) is 6.41. The van der Waals surface area contributed by atoms with Gasteiger partial charge in [0.2, 0.25) is 5.95 Å². The van der Waals surface area contributed by atoms with Crippen molar-refractivity contribution in [2.45, 2.75) is 51.2 Å². The largest absolute Gasteiger partial charge is 0.392 e. The molecule has 2 unspecified atom stereocenters. The summed E-state index contributed by atoms with van der Waals surface area (Å²) >= 11 is 0. The summed E-state index contributed by atoms with van der Waals surface area (Å²) in [6.45, 7) is -0.398. The fourth-order valence-electron chi connectivity index (χ4n) is 4.36. The summed E-state index contributed by atoms with van der Waals surface area (Å²) in [6, 6.07) is 3.59. The lowest BCUT2D eigenvalue weighted by atomic mass is 9.75. The molecule has 0 aromatic carbocycles. The van der Waals surface area contributed by atoms with E-state index in [0.29, 0.717) is 11.6 Å². The first-order valence-electron chi connectivity index (χ1n) is 10.6. The molecule has 164 valence electrons. The van der Waals surface area contributed by atoms with Crippen LogP contribution in [0.15, 0.2) is 30.6 Å². The lowest BCUT2D eigenvalue weighted by Gasteiger charge is -2.31. The van der Waals surface area contributed by atoms with Crippen LogP contribution in [0.1, 0.15) is 54.6 Å². The number of carbonyl (C=O) groups excluding carboxylic acids is 2. The molecule has 8 nitrogen and oxygen atoms in total. The zero-order valence-corrected chi connectivity index (χ0v) is 17.1. The van der Waals surface area contributed by atoms with Gasteiger partial charge in [-0.1, -0.05) is 19.3 Å². The van der Waals surface area contributed by atoms with E-state index >= 15 is 0 Å². The zero-order chi connectivity index (χ0) is 21.8. The molecule has 2 saturated carbocycles. The van der Waals surface area contributed by atoms with Gasteiger partial charge in [-0.15, -0.1) is 0 Å². The number of amides is 3. The van der Waals surface area contributed by atoms with Gasteiger partial charge in [-0.25, -0.2) is 9.78 Å². The van der Waals surface area contributed by atoms with E-state index in [1.165, 1.54) is 31.5 Å². The minimum atomic E-state index is -0.776. The van der Waals surface area contributed by atoms with E-state index in [-0.39, 0.29) is 28.9 Å². The Morgan fingerprint density at radius 2 is 1.94 bits per heavy atom. The van der Waals surface area contributed by atoms with Gasteiger partial charge in [-0.05, 0) is 43.2 Å². The van der Waals surface area contributed by atoms with E-state index in [1.807, 2.05) is 0 Å². The third-order valence-corrected chi connectivity index (χ3v) is 6.25. The van der Waals surface area contributed by atoms with Crippen molar-refractivity contribution < 1.29 is 19.1 Å². The second kappa shape index (κ2) is 9.38. The molecule has 0 aliphatic heterocycles. The van der Waals surface area contributed by atoms with Crippen molar-refractivity contribution in [3.63, 3.8) is 0 Å². The highest BCUT2D eigenvalue weighted by Gasteiger charge is 2.34. The molecule has 2 heterocycles. The molecular weight excluding hydrogens is 401 g/mol. The van der Waals surface area contributed by atoms with Crippen molar-refractivity contribution >= 4 is 23.3 Å². The summed E-state index contributed by atoms with van der Waals surface area (Å²) in [7, 11) is 0. The van der Waals surface area contributed by atoms with E-state index in [2.05, 4.69) is 25.9 Å². The van der Waals surface area contributed by atoms with Crippen LogP contribution >= 0.6 is 0 Å². The Bertz CT molecular complexity index is 966. The number of pyridine rings is 2. The Labute approximate surface area is 179 Å². The standard InChI is InChI=1S/C22H26FN5O3/c23-20-10-18(15(12-29)11-25-20)28-22(31)27-17-6-7-24-19(9-17)21(30)26-16-5-4-14(8-16)13-2-1-3-13/h6-7,9-11,13-14,16,29H,1-5,8,12H2,(H,26,30)(H2,24,25,27,28,31). The fourth-order valence-corrected chi connectivity index (χ4v) is 4.36. The second-order valence-corrected chi connectivity index (χ2v) is 8.27. The molecule has 2 aromatic heterocycles. The Balaban J connectivity index is 1.34. The van der Waals surface area contributed by atoms with Crippen LogP contribution in [0.25, 0.3) is 0 Å². The average molecular weight is 427 g/mol. The fraction of sp³-hybridized carbons (Fsp3) is 0.455. The van der Waals surface area contributed by atoms with Crippen molar-refractivity contribution in [2.75, 3.05) is 10.6 Å². The van der Waals surface area contributed by atoms with Crippen LogP contribution in [0.3, 0.4) is 0 Å². The van der Waals surface area contributed by atoms with Gasteiger partial charge in [-0.3, -0.25) is 9.78 Å². The van der Waals surface area contributed by atoms with E-state index in [0.717, 1.165) is 37.4 Å². The molecule has 2 fully saturated rings. The molecule has 0 radical (unpaired) electrons. The molecule has 2 atom stereocenters. The number of hydrogen-bond acceptors (Lipinski definition) is 5. The van der Waals surface area contributed by atoms with Crippen molar-refractivity contribution in [1.82, 2.24) is 15.3 Å². The molecule has 3 amide bonds. The normalized spacial score (nSPS) is 20.7. The van der Waals surface area contributed by atoms with Gasteiger partial charge in [0.15, 0.2) is 0 Å². The van der Waals surface area contributed by atoms with E-state index in [1.54, 1.807) is 6.07 Å². The number of anilines is 2. The highest BCUT2D eigenvalue weighted by molar-refractivity contribution is 6.01. The Morgan fingerprint density at radius 3 is 2.68 bits per heavy atom. The predicted molar refractivity (Wildman–Crippen MR) is 113 cm³/mol. The summed E-state index contributed by atoms with van der Waals surface area (Å²) in [5.74, 6) is 0.501. The number of aliphatic hydroxyl groups is 1. The highest BCUT2D eigenvalue weighted by Crippen LogP contribution is 2.42. The molecule has 0 spiro atoms. The summed E-state index contributed by atoms with van der Waals surface area (Å²) in [6.07, 6.45) is 9.72. The number of aliphatic hydroxyl groups excluding tert-OH is 1.